The molecule has 0 aliphatic heterocycles. The molecule has 1 heterocycles. The first kappa shape index (κ1) is 13.4. The van der Waals surface area contributed by atoms with E-state index >= 15 is 0 Å². The first-order valence-corrected chi connectivity index (χ1v) is 7.13. The average molecular weight is 307 g/mol. The number of hydrogen-bond donors (Lipinski definition) is 1. The molecule has 0 bridgehead atoms. The van der Waals surface area contributed by atoms with E-state index in [0.29, 0.717) is 6.04 Å². The first-order valence-electron chi connectivity index (χ1n) is 6.34. The maximum Gasteiger partial charge on any atom is 0.0484 e. The van der Waals surface area contributed by atoms with E-state index in [1.807, 2.05) is 6.07 Å². The van der Waals surface area contributed by atoms with E-state index in [9.17, 15) is 0 Å². The summed E-state index contributed by atoms with van der Waals surface area (Å²) >= 11 is 3.61. The van der Waals surface area contributed by atoms with Gasteiger partial charge in [0.25, 0.3) is 0 Å². The molecule has 18 heavy (non-hydrogen) atoms. The molecule has 0 radical (unpaired) electrons. The summed E-state index contributed by atoms with van der Waals surface area (Å²) < 4.78 is 3.47. The smallest absolute Gasteiger partial charge is 0.0484 e. The number of rotatable bonds is 5. The lowest BCUT2D eigenvalue weighted by Crippen LogP contribution is -2.20. The maximum absolute atomic E-state index is 3.61. The predicted octanol–water partition coefficient (Wildman–Crippen LogP) is 3.97. The molecular formula is C15H19BrN2. The third kappa shape index (κ3) is 3.03. The highest BCUT2D eigenvalue weighted by Gasteiger charge is 2.09. The Kier molecular flexibility index (Phi) is 4.61. The van der Waals surface area contributed by atoms with Crippen LogP contribution in [0.1, 0.15) is 31.1 Å². The largest absolute Gasteiger partial charge is 0.346 e. The number of aromatic nitrogens is 1. The number of benzene rings is 1. The van der Waals surface area contributed by atoms with E-state index in [2.05, 4.69) is 76.2 Å². The Labute approximate surface area is 117 Å². The molecular weight excluding hydrogens is 288 g/mol. The summed E-state index contributed by atoms with van der Waals surface area (Å²) in [5.41, 5.74) is 2.63. The number of hydrogen-bond acceptors (Lipinski definition) is 1. The summed E-state index contributed by atoms with van der Waals surface area (Å²) in [6.45, 7) is 6.23. The van der Waals surface area contributed by atoms with Gasteiger partial charge in [-0.1, -0.05) is 41.1 Å². The second-order valence-corrected chi connectivity index (χ2v) is 5.29. The van der Waals surface area contributed by atoms with Crippen molar-refractivity contribution in [3.63, 3.8) is 0 Å². The molecule has 1 atom stereocenters. The summed E-state index contributed by atoms with van der Waals surface area (Å²) in [6.07, 6.45) is 2.14. The molecule has 1 N–H and O–H groups in total. The van der Waals surface area contributed by atoms with Gasteiger partial charge in [-0.05, 0) is 37.2 Å². The fourth-order valence-electron chi connectivity index (χ4n) is 2.19. The van der Waals surface area contributed by atoms with Gasteiger partial charge in [0.05, 0.1) is 0 Å². The highest BCUT2D eigenvalue weighted by molar-refractivity contribution is 9.10. The molecule has 0 fully saturated rings. The van der Waals surface area contributed by atoms with Gasteiger partial charge in [0, 0.05) is 29.0 Å². The molecule has 2 nitrogen and oxygen atoms in total. The molecule has 2 aromatic rings. The van der Waals surface area contributed by atoms with Crippen LogP contribution >= 0.6 is 15.9 Å². The average Bonchev–Trinajstić information content (AvgIpc) is 2.81. The minimum absolute atomic E-state index is 0.382. The summed E-state index contributed by atoms with van der Waals surface area (Å²) in [4.78, 5) is 0. The van der Waals surface area contributed by atoms with Crippen molar-refractivity contribution < 1.29 is 0 Å². The number of nitrogens with one attached hydrogen (secondary N) is 1. The van der Waals surface area contributed by atoms with Gasteiger partial charge < -0.3 is 9.88 Å². The van der Waals surface area contributed by atoms with Crippen LogP contribution in [0.3, 0.4) is 0 Å². The maximum atomic E-state index is 3.61. The molecule has 1 aromatic heterocycles. The Morgan fingerprint density at radius 3 is 2.72 bits per heavy atom. The lowest BCUT2D eigenvalue weighted by Gasteiger charge is -2.17. The van der Waals surface area contributed by atoms with E-state index in [1.54, 1.807) is 0 Å². The fourth-order valence-corrected chi connectivity index (χ4v) is 2.60. The van der Waals surface area contributed by atoms with Crippen LogP contribution in [0, 0.1) is 0 Å². The fraction of sp³-hybridized carbons (Fsp3) is 0.333. The second kappa shape index (κ2) is 6.21. The van der Waals surface area contributed by atoms with Crippen LogP contribution in [0.4, 0.5) is 0 Å². The normalized spacial score (nSPS) is 12.6. The van der Waals surface area contributed by atoms with Gasteiger partial charge in [-0.15, -0.1) is 0 Å². The predicted molar refractivity (Wildman–Crippen MR) is 79.8 cm³/mol. The van der Waals surface area contributed by atoms with Gasteiger partial charge in [-0.2, -0.15) is 0 Å². The Bertz CT molecular complexity index is 505. The third-order valence-electron chi connectivity index (χ3n) is 3.12. The Balaban J connectivity index is 2.20. The quantitative estimate of drug-likeness (QED) is 0.884. The van der Waals surface area contributed by atoms with E-state index in [0.717, 1.165) is 13.1 Å². The van der Waals surface area contributed by atoms with Crippen molar-refractivity contribution in [3.8, 4) is 0 Å². The van der Waals surface area contributed by atoms with Crippen LogP contribution in [0.15, 0.2) is 47.1 Å². The highest BCUT2D eigenvalue weighted by atomic mass is 79.9. The van der Waals surface area contributed by atoms with Crippen LogP contribution in [-0.2, 0) is 6.54 Å². The summed E-state index contributed by atoms with van der Waals surface area (Å²) in [5, 5.41) is 3.46. The second-order valence-electron chi connectivity index (χ2n) is 4.43. The highest BCUT2D eigenvalue weighted by Crippen LogP contribution is 2.20. The van der Waals surface area contributed by atoms with Crippen LogP contribution in [0.5, 0.6) is 0 Å². The Morgan fingerprint density at radius 2 is 2.00 bits per heavy atom. The number of halogens is 1. The molecule has 3 heteroatoms. The standard InChI is InChI=1S/C15H19BrN2/c1-3-17-12(2)15-9-6-10-18(15)11-13-7-4-5-8-14(13)16/h4-10,12,17H,3,11H2,1-2H3. The van der Waals surface area contributed by atoms with Crippen molar-refractivity contribution in [2.75, 3.05) is 6.54 Å². The molecule has 0 aliphatic carbocycles. The van der Waals surface area contributed by atoms with Crippen molar-refractivity contribution in [3.05, 3.63) is 58.3 Å². The molecule has 1 unspecified atom stereocenters. The zero-order valence-electron chi connectivity index (χ0n) is 10.9. The zero-order chi connectivity index (χ0) is 13.0. The molecule has 0 amide bonds. The van der Waals surface area contributed by atoms with Crippen molar-refractivity contribution in [1.82, 2.24) is 9.88 Å². The Hall–Kier alpha value is -1.06. The number of nitrogens with zero attached hydrogens (tertiary/aromatic N) is 1. The van der Waals surface area contributed by atoms with E-state index in [-0.39, 0.29) is 0 Å². The third-order valence-corrected chi connectivity index (χ3v) is 3.89. The minimum Gasteiger partial charge on any atom is -0.346 e. The van der Waals surface area contributed by atoms with E-state index in [4.69, 9.17) is 0 Å². The van der Waals surface area contributed by atoms with Crippen LogP contribution in [0.25, 0.3) is 0 Å². The zero-order valence-corrected chi connectivity index (χ0v) is 12.4. The molecule has 0 aliphatic rings. The summed E-state index contributed by atoms with van der Waals surface area (Å²) in [6, 6.07) is 13.1. The van der Waals surface area contributed by atoms with E-state index in [1.165, 1.54) is 15.7 Å². The summed E-state index contributed by atoms with van der Waals surface area (Å²) in [7, 11) is 0. The van der Waals surface area contributed by atoms with Crippen molar-refractivity contribution in [2.24, 2.45) is 0 Å². The van der Waals surface area contributed by atoms with Gasteiger partial charge in [-0.3, -0.25) is 0 Å². The van der Waals surface area contributed by atoms with Gasteiger partial charge in [-0.25, -0.2) is 0 Å². The van der Waals surface area contributed by atoms with Crippen LogP contribution < -0.4 is 5.32 Å². The van der Waals surface area contributed by atoms with E-state index < -0.39 is 0 Å². The monoisotopic (exact) mass is 306 g/mol. The van der Waals surface area contributed by atoms with Crippen LogP contribution in [0.2, 0.25) is 0 Å². The Morgan fingerprint density at radius 1 is 1.22 bits per heavy atom. The molecule has 2 rings (SSSR count). The van der Waals surface area contributed by atoms with Gasteiger partial charge >= 0.3 is 0 Å². The van der Waals surface area contributed by atoms with Crippen molar-refractivity contribution >= 4 is 15.9 Å². The molecule has 0 saturated carbocycles. The van der Waals surface area contributed by atoms with Gasteiger partial charge in [0.1, 0.15) is 0 Å². The molecule has 0 saturated heterocycles. The lowest BCUT2D eigenvalue weighted by atomic mass is 10.2. The topological polar surface area (TPSA) is 17.0 Å². The van der Waals surface area contributed by atoms with Crippen LogP contribution in [-0.4, -0.2) is 11.1 Å². The van der Waals surface area contributed by atoms with Crippen molar-refractivity contribution in [2.45, 2.75) is 26.4 Å². The van der Waals surface area contributed by atoms with Gasteiger partial charge in [0.15, 0.2) is 0 Å². The molecule has 96 valence electrons. The van der Waals surface area contributed by atoms with Crippen molar-refractivity contribution in [1.29, 1.82) is 0 Å². The SMILES string of the molecule is CCNC(C)c1cccn1Cc1ccccc1Br. The first-order chi connectivity index (χ1) is 8.72. The minimum atomic E-state index is 0.382. The summed E-state index contributed by atoms with van der Waals surface area (Å²) in [5.74, 6) is 0. The molecule has 1 aromatic carbocycles. The lowest BCUT2D eigenvalue weighted by molar-refractivity contribution is 0.553. The van der Waals surface area contributed by atoms with Gasteiger partial charge in [0.2, 0.25) is 0 Å². The molecule has 0 spiro atoms.